The van der Waals surface area contributed by atoms with Gasteiger partial charge in [0.05, 0.1) is 11.4 Å². The van der Waals surface area contributed by atoms with Crippen LogP contribution in [-0.4, -0.2) is 52.9 Å². The van der Waals surface area contributed by atoms with Crippen molar-refractivity contribution in [1.29, 1.82) is 0 Å². The third-order valence-electron chi connectivity index (χ3n) is 5.56. The molecule has 1 atom stereocenters. The lowest BCUT2D eigenvalue weighted by Crippen LogP contribution is -2.53. The summed E-state index contributed by atoms with van der Waals surface area (Å²) in [5.41, 5.74) is 0.856. The van der Waals surface area contributed by atoms with Crippen LogP contribution in [0.1, 0.15) is 52.9 Å². The molecule has 0 spiro atoms. The molecule has 0 saturated heterocycles. The van der Waals surface area contributed by atoms with Gasteiger partial charge in [0.1, 0.15) is 11.3 Å². The Morgan fingerprint density at radius 3 is 2.62 bits per heavy atom. The minimum atomic E-state index is -1.42. The minimum Gasteiger partial charge on any atom is -0.534 e. The summed E-state index contributed by atoms with van der Waals surface area (Å²) in [6.07, 6.45) is 0.200. The van der Waals surface area contributed by atoms with Gasteiger partial charge in [0.2, 0.25) is 18.5 Å². The molecular formula is C25H26BN3O8. The van der Waals surface area contributed by atoms with Gasteiger partial charge in [-0.05, 0) is 51.0 Å². The zero-order valence-electron chi connectivity index (χ0n) is 20.8. The summed E-state index contributed by atoms with van der Waals surface area (Å²) in [4.78, 5) is 41.5. The number of benzene rings is 2. The molecule has 37 heavy (non-hydrogen) atoms. The monoisotopic (exact) mass is 507 g/mol. The Hall–Kier alpha value is -4.19. The van der Waals surface area contributed by atoms with Gasteiger partial charge in [-0.2, -0.15) is 4.98 Å². The quantitative estimate of drug-likeness (QED) is 0.289. The van der Waals surface area contributed by atoms with Crippen LogP contribution in [-0.2, 0) is 20.7 Å². The molecule has 2 N–H and O–H groups in total. The first-order valence-corrected chi connectivity index (χ1v) is 11.6. The first kappa shape index (κ1) is 25.9. The Labute approximate surface area is 213 Å². The summed E-state index contributed by atoms with van der Waals surface area (Å²) < 4.78 is 20.6. The molecule has 0 saturated carbocycles. The number of carbonyl (C=O) groups is 3. The summed E-state index contributed by atoms with van der Waals surface area (Å²) in [7, 11) is -1.42. The fourth-order valence-electron chi connectivity index (χ4n) is 3.61. The molecule has 0 bridgehead atoms. The molecule has 2 aromatic carbocycles. The molecule has 12 heteroatoms. The SMILES string of the molecule is Cc1nc(-c2cccc(C(=O)N[C@H]3Cc4cccc(C(=O)OCOC(=O)C(C)(C)C)c4OB3O)c2)no1. The summed E-state index contributed by atoms with van der Waals surface area (Å²) in [6.45, 7) is 6.16. The van der Waals surface area contributed by atoms with Crippen molar-refractivity contribution < 1.29 is 38.1 Å². The fraction of sp³-hybridized carbons (Fsp3) is 0.320. The van der Waals surface area contributed by atoms with Gasteiger partial charge >= 0.3 is 19.1 Å². The second-order valence-electron chi connectivity index (χ2n) is 9.54. The van der Waals surface area contributed by atoms with Gasteiger partial charge in [-0.15, -0.1) is 0 Å². The van der Waals surface area contributed by atoms with E-state index >= 15 is 0 Å². The lowest BCUT2D eigenvalue weighted by Gasteiger charge is -2.29. The molecule has 192 valence electrons. The summed E-state index contributed by atoms with van der Waals surface area (Å²) in [6, 6.07) is 11.5. The highest BCUT2D eigenvalue weighted by Gasteiger charge is 2.38. The molecule has 1 aliphatic heterocycles. The standard InChI is InChI=1S/C25H26BN3O8/c1-14-27-21(29-37-14)16-8-5-9-17(11-16)22(30)28-19-12-15-7-6-10-18(20(15)36-26(19)33)23(31)34-13-35-24(32)25(2,3)4/h5-11,19,33H,12-13H2,1-4H3,(H,28,30)/t19-/m0/s1. The predicted octanol–water partition coefficient (Wildman–Crippen LogP) is 2.50. The Morgan fingerprint density at radius 1 is 1.16 bits per heavy atom. The molecule has 1 aliphatic rings. The lowest BCUT2D eigenvalue weighted by atomic mass is 9.72. The van der Waals surface area contributed by atoms with Crippen molar-refractivity contribution in [3.8, 4) is 17.1 Å². The van der Waals surface area contributed by atoms with Crippen LogP contribution in [0.15, 0.2) is 47.0 Å². The predicted molar refractivity (Wildman–Crippen MR) is 130 cm³/mol. The van der Waals surface area contributed by atoms with Crippen molar-refractivity contribution in [2.24, 2.45) is 5.41 Å². The van der Waals surface area contributed by atoms with Crippen LogP contribution in [0.25, 0.3) is 11.4 Å². The van der Waals surface area contributed by atoms with Crippen molar-refractivity contribution in [2.45, 2.75) is 40.1 Å². The minimum absolute atomic E-state index is 0.0660. The highest BCUT2D eigenvalue weighted by Crippen LogP contribution is 2.31. The van der Waals surface area contributed by atoms with Crippen molar-refractivity contribution in [3.63, 3.8) is 0 Å². The van der Waals surface area contributed by atoms with Gasteiger partial charge in [0, 0.05) is 18.1 Å². The lowest BCUT2D eigenvalue weighted by molar-refractivity contribution is -0.161. The van der Waals surface area contributed by atoms with Crippen LogP contribution in [0.3, 0.4) is 0 Å². The number of para-hydroxylation sites is 1. The molecule has 1 amide bonds. The zero-order valence-corrected chi connectivity index (χ0v) is 20.8. The average molecular weight is 507 g/mol. The number of nitrogens with one attached hydrogen (secondary N) is 1. The van der Waals surface area contributed by atoms with E-state index in [1.165, 1.54) is 6.07 Å². The number of hydrogen-bond acceptors (Lipinski definition) is 10. The van der Waals surface area contributed by atoms with Gasteiger partial charge in [0.15, 0.2) is 0 Å². The van der Waals surface area contributed by atoms with E-state index in [1.54, 1.807) is 64.1 Å². The molecule has 3 aromatic rings. The van der Waals surface area contributed by atoms with Crippen LogP contribution < -0.4 is 9.97 Å². The van der Waals surface area contributed by atoms with E-state index < -0.39 is 43.1 Å². The molecule has 0 unspecified atom stereocenters. The highest BCUT2D eigenvalue weighted by atomic mass is 16.7. The maximum atomic E-state index is 12.9. The van der Waals surface area contributed by atoms with Crippen LogP contribution in [0.5, 0.6) is 5.75 Å². The van der Waals surface area contributed by atoms with Gasteiger partial charge in [0.25, 0.3) is 5.91 Å². The molecule has 0 fully saturated rings. The number of esters is 2. The maximum Gasteiger partial charge on any atom is 0.547 e. The first-order valence-electron chi connectivity index (χ1n) is 11.6. The molecule has 4 rings (SSSR count). The number of aryl methyl sites for hydroxylation is 1. The maximum absolute atomic E-state index is 12.9. The van der Waals surface area contributed by atoms with Crippen LogP contribution in [0.2, 0.25) is 0 Å². The van der Waals surface area contributed by atoms with Crippen molar-refractivity contribution in [2.75, 3.05) is 6.79 Å². The topological polar surface area (TPSA) is 150 Å². The smallest absolute Gasteiger partial charge is 0.534 e. The number of carbonyl (C=O) groups excluding carboxylic acids is 3. The van der Waals surface area contributed by atoms with E-state index in [0.717, 1.165) is 0 Å². The normalized spacial score (nSPS) is 14.8. The third kappa shape index (κ3) is 5.97. The van der Waals surface area contributed by atoms with E-state index in [2.05, 4.69) is 15.5 Å². The summed E-state index contributed by atoms with van der Waals surface area (Å²) in [5, 5.41) is 17.2. The number of rotatable bonds is 6. The highest BCUT2D eigenvalue weighted by molar-refractivity contribution is 6.47. The zero-order chi connectivity index (χ0) is 26.7. The van der Waals surface area contributed by atoms with Gasteiger partial charge < -0.3 is 29.0 Å². The largest absolute Gasteiger partial charge is 0.547 e. The van der Waals surface area contributed by atoms with E-state index in [-0.39, 0.29) is 17.7 Å². The summed E-state index contributed by atoms with van der Waals surface area (Å²) in [5.74, 6) is -1.61. The van der Waals surface area contributed by atoms with Crippen molar-refractivity contribution >= 4 is 25.0 Å². The Bertz CT molecular complexity index is 1330. The second kappa shape index (κ2) is 10.4. The van der Waals surface area contributed by atoms with Crippen molar-refractivity contribution in [1.82, 2.24) is 15.5 Å². The Kier molecular flexibility index (Phi) is 7.30. The number of hydrogen-bond donors (Lipinski definition) is 2. The molecule has 0 radical (unpaired) electrons. The molecule has 2 heterocycles. The van der Waals surface area contributed by atoms with Crippen molar-refractivity contribution in [3.05, 3.63) is 65.0 Å². The van der Waals surface area contributed by atoms with Crippen LogP contribution in [0, 0.1) is 12.3 Å². The number of ether oxygens (including phenoxy) is 2. The number of amides is 1. The number of fused-ring (bicyclic) bond motifs is 1. The van der Waals surface area contributed by atoms with Crippen LogP contribution >= 0.6 is 0 Å². The second-order valence-corrected chi connectivity index (χ2v) is 9.54. The van der Waals surface area contributed by atoms with E-state index in [4.69, 9.17) is 18.7 Å². The van der Waals surface area contributed by atoms with Gasteiger partial charge in [-0.1, -0.05) is 29.4 Å². The first-order chi connectivity index (χ1) is 17.5. The molecular weight excluding hydrogens is 481 g/mol. The number of nitrogens with zero attached hydrogens (tertiary/aromatic N) is 2. The van der Waals surface area contributed by atoms with E-state index in [9.17, 15) is 19.4 Å². The number of aromatic nitrogens is 2. The molecule has 1 aromatic heterocycles. The van der Waals surface area contributed by atoms with Gasteiger partial charge in [-0.25, -0.2) is 4.79 Å². The third-order valence-corrected chi connectivity index (χ3v) is 5.56. The molecule has 0 aliphatic carbocycles. The summed E-state index contributed by atoms with van der Waals surface area (Å²) >= 11 is 0. The van der Waals surface area contributed by atoms with E-state index in [1.807, 2.05) is 0 Å². The van der Waals surface area contributed by atoms with Gasteiger partial charge in [-0.3, -0.25) is 9.59 Å². The molecule has 11 nitrogen and oxygen atoms in total. The van der Waals surface area contributed by atoms with Crippen LogP contribution in [0.4, 0.5) is 0 Å². The Morgan fingerprint density at radius 2 is 1.92 bits per heavy atom. The average Bonchev–Trinajstić information content (AvgIpc) is 3.29. The van der Waals surface area contributed by atoms with E-state index in [0.29, 0.717) is 28.4 Å². The Balaban J connectivity index is 1.42. The fourth-order valence-corrected chi connectivity index (χ4v) is 3.61.